The molecule has 0 N–H and O–H groups in total. The summed E-state index contributed by atoms with van der Waals surface area (Å²) in [6.07, 6.45) is 6.30. The van der Waals surface area contributed by atoms with E-state index in [9.17, 15) is 5.26 Å². The Balaban J connectivity index is 1.29. The van der Waals surface area contributed by atoms with Crippen LogP contribution < -0.4 is 24.0 Å². The van der Waals surface area contributed by atoms with Crippen molar-refractivity contribution in [1.29, 1.82) is 5.26 Å². The molecule has 8 heteroatoms. The van der Waals surface area contributed by atoms with Crippen molar-refractivity contribution >= 4 is 28.2 Å². The molecule has 0 spiro atoms. The second-order valence-electron chi connectivity index (χ2n) is 14.9. The molecule has 8 nitrogen and oxygen atoms in total. The number of methoxy groups -OCH3 is 2. The lowest BCUT2D eigenvalue weighted by molar-refractivity contribution is 0.122. The van der Waals surface area contributed by atoms with Crippen LogP contribution in [0.25, 0.3) is 28.0 Å². The first-order chi connectivity index (χ1) is 27.0. The summed E-state index contributed by atoms with van der Waals surface area (Å²) in [5, 5.41) is 12.0. The van der Waals surface area contributed by atoms with E-state index >= 15 is 0 Å². The number of hydrogen-bond donors (Lipinski definition) is 0. The van der Waals surface area contributed by atoms with Crippen LogP contribution in [0, 0.1) is 11.3 Å². The summed E-state index contributed by atoms with van der Waals surface area (Å²) < 4.78 is 30.9. The summed E-state index contributed by atoms with van der Waals surface area (Å²) in [6.45, 7) is 10.9. The monoisotopic (exact) mass is 733 g/mol. The zero-order valence-corrected chi connectivity index (χ0v) is 32.1. The lowest BCUT2D eigenvalue weighted by atomic mass is 9.71. The summed E-state index contributed by atoms with van der Waals surface area (Å²) >= 11 is 0. The van der Waals surface area contributed by atoms with Crippen LogP contribution in [0.1, 0.15) is 60.1 Å². The van der Waals surface area contributed by atoms with Gasteiger partial charge < -0.3 is 33.5 Å². The lowest BCUT2D eigenvalue weighted by Gasteiger charge is -2.40. The number of nitrogens with zero attached hydrogens (tertiary/aromatic N) is 3. The van der Waals surface area contributed by atoms with Crippen molar-refractivity contribution in [3.05, 3.63) is 118 Å². The average Bonchev–Trinajstić information content (AvgIpc) is 3.56. The molecule has 4 aliphatic rings. The van der Waals surface area contributed by atoms with Gasteiger partial charge >= 0.3 is 0 Å². The molecule has 0 radical (unpaired) electrons. The Morgan fingerprint density at radius 3 is 1.76 bits per heavy atom. The van der Waals surface area contributed by atoms with E-state index in [1.807, 2.05) is 6.07 Å². The lowest BCUT2D eigenvalue weighted by Crippen LogP contribution is -2.37. The first-order valence-corrected chi connectivity index (χ1v) is 19.5. The number of nitriles is 1. The molecular formula is C47H47N3O5. The fraction of sp³-hybridized carbons (Fsp3) is 0.340. The van der Waals surface area contributed by atoms with Crippen LogP contribution in [0.4, 0.5) is 11.4 Å². The second-order valence-corrected chi connectivity index (χ2v) is 14.9. The number of hydrogen-bond acceptors (Lipinski definition) is 8. The molecule has 0 bridgehead atoms. The minimum Gasteiger partial charge on any atom is -0.493 e. The molecule has 0 aromatic heterocycles. The molecule has 2 saturated heterocycles. The predicted octanol–water partition coefficient (Wildman–Crippen LogP) is 8.84. The van der Waals surface area contributed by atoms with Gasteiger partial charge in [0.25, 0.3) is 0 Å². The fourth-order valence-electron chi connectivity index (χ4n) is 9.55. The Morgan fingerprint density at radius 2 is 1.25 bits per heavy atom. The molecule has 0 unspecified atom stereocenters. The molecule has 3 heterocycles. The quantitative estimate of drug-likeness (QED) is 0.157. The van der Waals surface area contributed by atoms with Crippen molar-refractivity contribution in [3.63, 3.8) is 0 Å². The molecule has 2 fully saturated rings. The number of rotatable bonds is 8. The second kappa shape index (κ2) is 14.0. The minimum atomic E-state index is -0.936. The highest BCUT2D eigenvalue weighted by molar-refractivity contribution is 6.09. The number of ether oxygens (including phenoxy) is 5. The third-order valence-electron chi connectivity index (χ3n) is 12.5. The van der Waals surface area contributed by atoms with Crippen LogP contribution in [0.3, 0.4) is 0 Å². The molecule has 5 aromatic carbocycles. The molecule has 0 atom stereocenters. The first-order valence-electron chi connectivity index (χ1n) is 19.5. The van der Waals surface area contributed by atoms with Gasteiger partial charge in [0.05, 0.1) is 52.3 Å². The Hall–Kier alpha value is -5.49. The third-order valence-corrected chi connectivity index (χ3v) is 12.5. The largest absolute Gasteiger partial charge is 0.493 e. The van der Waals surface area contributed by atoms with Crippen molar-refractivity contribution in [2.75, 3.05) is 76.6 Å². The van der Waals surface area contributed by atoms with Gasteiger partial charge in [-0.25, -0.2) is 0 Å². The fourth-order valence-corrected chi connectivity index (χ4v) is 9.55. The van der Waals surface area contributed by atoms with Crippen molar-refractivity contribution < 1.29 is 23.7 Å². The van der Waals surface area contributed by atoms with Gasteiger partial charge in [-0.1, -0.05) is 50.3 Å². The Kier molecular flexibility index (Phi) is 8.95. The number of fused-ring (bicyclic) bond motifs is 8. The predicted molar refractivity (Wildman–Crippen MR) is 218 cm³/mol. The maximum Gasteiger partial charge on any atom is 0.178 e. The SMILES string of the molecule is CCC1(CC)c2cc(C#N)ccc2-c2c1c1c(c3cc(OC)c(OC)cc23)OC(c2ccc(N3CCOCC3)cc2)(c2ccc(N3CCOCC3)cc2)C=C1. The summed E-state index contributed by atoms with van der Waals surface area (Å²) in [5.41, 5.74) is 9.67. The van der Waals surface area contributed by atoms with Crippen LogP contribution in [0.15, 0.2) is 84.9 Å². The maximum atomic E-state index is 10.0. The molecular weight excluding hydrogens is 687 g/mol. The Bertz CT molecular complexity index is 2270. The van der Waals surface area contributed by atoms with E-state index in [4.69, 9.17) is 23.7 Å². The van der Waals surface area contributed by atoms with Crippen molar-refractivity contribution in [2.24, 2.45) is 0 Å². The van der Waals surface area contributed by atoms with Crippen LogP contribution in [0.2, 0.25) is 0 Å². The molecule has 1 aliphatic carbocycles. The van der Waals surface area contributed by atoms with Gasteiger partial charge in [-0.05, 0) is 95.1 Å². The minimum absolute atomic E-state index is 0.323. The molecule has 280 valence electrons. The normalized spacial score (nSPS) is 17.9. The van der Waals surface area contributed by atoms with E-state index in [2.05, 4.69) is 115 Å². The number of anilines is 2. The third kappa shape index (κ3) is 5.47. The van der Waals surface area contributed by atoms with Gasteiger partial charge in [0, 0.05) is 65.0 Å². The van der Waals surface area contributed by atoms with Crippen molar-refractivity contribution in [3.8, 4) is 34.4 Å². The average molecular weight is 734 g/mol. The Labute approximate surface area is 323 Å². The van der Waals surface area contributed by atoms with Crippen LogP contribution in [-0.2, 0) is 20.5 Å². The Morgan fingerprint density at radius 1 is 0.709 bits per heavy atom. The van der Waals surface area contributed by atoms with Gasteiger partial charge in [-0.15, -0.1) is 0 Å². The molecule has 0 amide bonds. The number of benzene rings is 5. The molecule has 5 aromatic rings. The molecule has 3 aliphatic heterocycles. The van der Waals surface area contributed by atoms with Crippen molar-refractivity contribution in [1.82, 2.24) is 0 Å². The van der Waals surface area contributed by atoms with Gasteiger partial charge in [-0.3, -0.25) is 0 Å². The zero-order chi connectivity index (χ0) is 37.7. The smallest absolute Gasteiger partial charge is 0.178 e. The number of morpholine rings is 2. The zero-order valence-electron chi connectivity index (χ0n) is 32.1. The standard InChI is InChI=1S/C47H47N3O5/c1-5-46(6-2)40-27-31(30-48)7-16-36(40)43-38-28-41(51-3)42(52-4)29-39(38)45-37(44(43)46)17-18-47(55-45,32-8-12-34(13-9-32)49-19-23-53-24-20-49)33-10-14-35(15-11-33)50-21-25-54-26-22-50/h7-18,27-29H,5-6,19-26H2,1-4H3. The van der Waals surface area contributed by atoms with E-state index in [-0.39, 0.29) is 5.41 Å². The van der Waals surface area contributed by atoms with Gasteiger partial charge in [0.2, 0.25) is 0 Å². The molecule has 55 heavy (non-hydrogen) atoms. The highest BCUT2D eigenvalue weighted by Gasteiger charge is 2.47. The maximum absolute atomic E-state index is 10.0. The summed E-state index contributed by atoms with van der Waals surface area (Å²) in [7, 11) is 3.36. The van der Waals surface area contributed by atoms with Crippen LogP contribution >= 0.6 is 0 Å². The first kappa shape index (κ1) is 35.2. The summed E-state index contributed by atoms with van der Waals surface area (Å²) in [4.78, 5) is 4.76. The highest BCUT2D eigenvalue weighted by Crippen LogP contribution is 2.61. The van der Waals surface area contributed by atoms with E-state index in [0.29, 0.717) is 17.1 Å². The van der Waals surface area contributed by atoms with Gasteiger partial charge in [-0.2, -0.15) is 5.26 Å². The van der Waals surface area contributed by atoms with Crippen molar-refractivity contribution in [2.45, 2.75) is 37.7 Å². The van der Waals surface area contributed by atoms with E-state index in [1.165, 1.54) is 28.1 Å². The van der Waals surface area contributed by atoms with E-state index in [0.717, 1.165) is 104 Å². The molecule has 9 rings (SSSR count). The van der Waals surface area contributed by atoms with Gasteiger partial charge in [0.15, 0.2) is 17.1 Å². The van der Waals surface area contributed by atoms with E-state index in [1.54, 1.807) is 14.2 Å². The topological polar surface area (TPSA) is 76.4 Å². The van der Waals surface area contributed by atoms with Gasteiger partial charge in [0.1, 0.15) is 5.75 Å². The summed E-state index contributed by atoms with van der Waals surface area (Å²) in [6, 6.07) is 30.5. The van der Waals surface area contributed by atoms with Crippen LogP contribution in [0.5, 0.6) is 17.2 Å². The van der Waals surface area contributed by atoms with Crippen LogP contribution in [-0.4, -0.2) is 66.8 Å². The summed E-state index contributed by atoms with van der Waals surface area (Å²) in [5.74, 6) is 2.11. The molecule has 0 saturated carbocycles. The van der Waals surface area contributed by atoms with E-state index < -0.39 is 5.60 Å². The highest BCUT2D eigenvalue weighted by atomic mass is 16.5.